The maximum Gasteiger partial charge on any atom is 0.328 e. The Morgan fingerprint density at radius 2 is 1.70 bits per heavy atom. The van der Waals surface area contributed by atoms with E-state index in [1.165, 1.54) is 0 Å². The van der Waals surface area contributed by atoms with Crippen molar-refractivity contribution in [3.63, 3.8) is 0 Å². The van der Waals surface area contributed by atoms with Gasteiger partial charge in [0.2, 0.25) is 0 Å². The third-order valence-corrected chi connectivity index (χ3v) is 4.24. The number of aromatic hydroxyl groups is 1. The van der Waals surface area contributed by atoms with Crippen molar-refractivity contribution in [3.05, 3.63) is 65.7 Å². The standard InChI is InChI=1S/C22H27NO4/c1-2-3-4-8-15-27-22(26)20(16-17-11-13-19(24)14-12-17)23-21(25)18-9-6-5-7-10-18/h5-7,9-14,20,24H,2-4,8,15-16H2,1H3,(H,23,25)/t20-/m1/s1. The smallest absolute Gasteiger partial charge is 0.328 e. The van der Waals surface area contributed by atoms with Crippen LogP contribution in [0.4, 0.5) is 0 Å². The number of amides is 1. The van der Waals surface area contributed by atoms with E-state index in [0.29, 0.717) is 18.6 Å². The van der Waals surface area contributed by atoms with Crippen LogP contribution in [-0.2, 0) is 16.0 Å². The van der Waals surface area contributed by atoms with Crippen LogP contribution in [0, 0.1) is 0 Å². The monoisotopic (exact) mass is 369 g/mol. The molecule has 0 fully saturated rings. The molecule has 2 N–H and O–H groups in total. The number of phenols is 1. The molecule has 2 rings (SSSR count). The molecule has 2 aromatic carbocycles. The van der Waals surface area contributed by atoms with Crippen LogP contribution in [0.25, 0.3) is 0 Å². The van der Waals surface area contributed by atoms with E-state index < -0.39 is 12.0 Å². The summed E-state index contributed by atoms with van der Waals surface area (Å²) in [6, 6.07) is 14.6. The summed E-state index contributed by atoms with van der Waals surface area (Å²) in [5, 5.41) is 12.2. The first-order chi connectivity index (χ1) is 13.1. The number of carbonyl (C=O) groups is 2. The molecule has 5 nitrogen and oxygen atoms in total. The lowest BCUT2D eigenvalue weighted by atomic mass is 10.0. The van der Waals surface area contributed by atoms with Crippen molar-refractivity contribution in [2.75, 3.05) is 6.61 Å². The zero-order valence-corrected chi connectivity index (χ0v) is 15.7. The van der Waals surface area contributed by atoms with Gasteiger partial charge in [0.25, 0.3) is 5.91 Å². The highest BCUT2D eigenvalue weighted by Gasteiger charge is 2.23. The minimum absolute atomic E-state index is 0.155. The second-order valence-electron chi connectivity index (χ2n) is 6.49. The Hall–Kier alpha value is -2.82. The summed E-state index contributed by atoms with van der Waals surface area (Å²) in [7, 11) is 0. The molecule has 0 saturated heterocycles. The van der Waals surface area contributed by atoms with E-state index in [-0.39, 0.29) is 11.7 Å². The number of ether oxygens (including phenoxy) is 1. The highest BCUT2D eigenvalue weighted by molar-refractivity contribution is 5.96. The van der Waals surface area contributed by atoms with Gasteiger partial charge in [-0.3, -0.25) is 4.79 Å². The Morgan fingerprint density at radius 3 is 2.37 bits per heavy atom. The normalized spacial score (nSPS) is 11.6. The molecule has 2 aromatic rings. The minimum Gasteiger partial charge on any atom is -0.508 e. The van der Waals surface area contributed by atoms with Gasteiger partial charge in [0.05, 0.1) is 6.61 Å². The predicted octanol–water partition coefficient (Wildman–Crippen LogP) is 3.86. The lowest BCUT2D eigenvalue weighted by Crippen LogP contribution is -2.43. The highest BCUT2D eigenvalue weighted by atomic mass is 16.5. The molecular weight excluding hydrogens is 342 g/mol. The van der Waals surface area contributed by atoms with Gasteiger partial charge in [0.15, 0.2) is 0 Å². The van der Waals surface area contributed by atoms with Crippen LogP contribution in [0.2, 0.25) is 0 Å². The maximum atomic E-state index is 12.5. The first-order valence-corrected chi connectivity index (χ1v) is 9.40. The molecule has 5 heteroatoms. The molecule has 1 atom stereocenters. The van der Waals surface area contributed by atoms with E-state index in [9.17, 15) is 14.7 Å². The van der Waals surface area contributed by atoms with Crippen LogP contribution >= 0.6 is 0 Å². The summed E-state index contributed by atoms with van der Waals surface area (Å²) in [4.78, 5) is 25.0. The van der Waals surface area contributed by atoms with Crippen LogP contribution in [-0.4, -0.2) is 29.6 Å². The number of hydrogen-bond donors (Lipinski definition) is 2. The van der Waals surface area contributed by atoms with E-state index in [4.69, 9.17) is 4.74 Å². The fourth-order valence-corrected chi connectivity index (χ4v) is 2.69. The number of rotatable bonds is 10. The average Bonchev–Trinajstić information content (AvgIpc) is 2.69. The van der Waals surface area contributed by atoms with E-state index in [1.54, 1.807) is 48.5 Å². The van der Waals surface area contributed by atoms with Crippen molar-refractivity contribution < 1.29 is 19.4 Å². The highest BCUT2D eigenvalue weighted by Crippen LogP contribution is 2.13. The fraction of sp³-hybridized carbons (Fsp3) is 0.364. The Morgan fingerprint density at radius 1 is 1.00 bits per heavy atom. The van der Waals surface area contributed by atoms with Gasteiger partial charge in [-0.2, -0.15) is 0 Å². The first-order valence-electron chi connectivity index (χ1n) is 9.40. The van der Waals surface area contributed by atoms with Crippen LogP contribution in [0.15, 0.2) is 54.6 Å². The molecule has 0 aliphatic heterocycles. The van der Waals surface area contributed by atoms with Gasteiger partial charge in [-0.05, 0) is 36.2 Å². The third kappa shape index (κ3) is 7.13. The van der Waals surface area contributed by atoms with Crippen LogP contribution in [0.5, 0.6) is 5.75 Å². The molecule has 0 radical (unpaired) electrons. The maximum absolute atomic E-state index is 12.5. The van der Waals surface area contributed by atoms with Gasteiger partial charge in [-0.1, -0.05) is 56.5 Å². The molecular formula is C22H27NO4. The SMILES string of the molecule is CCCCCCOC(=O)[C@@H](Cc1ccc(O)cc1)NC(=O)c1ccccc1. The molecule has 144 valence electrons. The first kappa shape index (κ1) is 20.5. The van der Waals surface area contributed by atoms with E-state index in [2.05, 4.69) is 12.2 Å². The average molecular weight is 369 g/mol. The van der Waals surface area contributed by atoms with Gasteiger partial charge >= 0.3 is 5.97 Å². The third-order valence-electron chi connectivity index (χ3n) is 4.24. The van der Waals surface area contributed by atoms with Crippen molar-refractivity contribution >= 4 is 11.9 Å². The van der Waals surface area contributed by atoms with Gasteiger partial charge in [0.1, 0.15) is 11.8 Å². The molecule has 0 bridgehead atoms. The second kappa shape index (κ2) is 11.0. The number of nitrogens with one attached hydrogen (secondary N) is 1. The number of unbranched alkanes of at least 4 members (excludes halogenated alkanes) is 3. The lowest BCUT2D eigenvalue weighted by Gasteiger charge is -2.18. The molecule has 0 aromatic heterocycles. The van der Waals surface area contributed by atoms with E-state index in [0.717, 1.165) is 31.2 Å². The van der Waals surface area contributed by atoms with Crippen LogP contribution < -0.4 is 5.32 Å². The van der Waals surface area contributed by atoms with Crippen molar-refractivity contribution in [3.8, 4) is 5.75 Å². The van der Waals surface area contributed by atoms with Crippen molar-refractivity contribution in [2.24, 2.45) is 0 Å². The zero-order valence-electron chi connectivity index (χ0n) is 15.7. The van der Waals surface area contributed by atoms with Crippen LogP contribution in [0.1, 0.15) is 48.5 Å². The fourth-order valence-electron chi connectivity index (χ4n) is 2.69. The molecule has 0 spiro atoms. The quantitative estimate of drug-likeness (QED) is 0.493. The number of phenolic OH excluding ortho intramolecular Hbond substituents is 1. The zero-order chi connectivity index (χ0) is 19.5. The van der Waals surface area contributed by atoms with E-state index >= 15 is 0 Å². The summed E-state index contributed by atoms with van der Waals surface area (Å²) in [5.74, 6) is -0.603. The topological polar surface area (TPSA) is 75.6 Å². The summed E-state index contributed by atoms with van der Waals surface area (Å²) >= 11 is 0. The van der Waals surface area contributed by atoms with Gasteiger partial charge in [-0.25, -0.2) is 4.79 Å². The number of hydrogen-bond acceptors (Lipinski definition) is 4. The predicted molar refractivity (Wildman–Crippen MR) is 105 cm³/mol. The van der Waals surface area contributed by atoms with Gasteiger partial charge in [-0.15, -0.1) is 0 Å². The van der Waals surface area contributed by atoms with E-state index in [1.807, 2.05) is 6.07 Å². The molecule has 27 heavy (non-hydrogen) atoms. The Labute approximate surface area is 160 Å². The summed E-state index contributed by atoms with van der Waals surface area (Å²) < 4.78 is 5.38. The number of carbonyl (C=O) groups excluding carboxylic acids is 2. The summed E-state index contributed by atoms with van der Waals surface area (Å²) in [6.07, 6.45) is 4.36. The number of esters is 1. The van der Waals surface area contributed by atoms with Crippen molar-refractivity contribution in [1.29, 1.82) is 0 Å². The van der Waals surface area contributed by atoms with Gasteiger partial charge < -0.3 is 15.2 Å². The molecule has 0 saturated carbocycles. The molecule has 0 heterocycles. The van der Waals surface area contributed by atoms with Crippen molar-refractivity contribution in [1.82, 2.24) is 5.32 Å². The molecule has 0 aliphatic carbocycles. The Kier molecular flexibility index (Phi) is 8.36. The minimum atomic E-state index is -0.784. The Bertz CT molecular complexity index is 713. The largest absolute Gasteiger partial charge is 0.508 e. The van der Waals surface area contributed by atoms with Crippen molar-refractivity contribution in [2.45, 2.75) is 45.1 Å². The summed E-state index contributed by atoms with van der Waals surface area (Å²) in [6.45, 7) is 2.48. The molecule has 0 aliphatic rings. The second-order valence-corrected chi connectivity index (χ2v) is 6.49. The Balaban J connectivity index is 2.01. The van der Waals surface area contributed by atoms with Gasteiger partial charge in [0, 0.05) is 12.0 Å². The van der Waals surface area contributed by atoms with Crippen LogP contribution in [0.3, 0.4) is 0 Å². The number of benzene rings is 2. The molecule has 1 amide bonds. The molecule has 0 unspecified atom stereocenters. The lowest BCUT2D eigenvalue weighted by molar-refractivity contribution is -0.146. The summed E-state index contributed by atoms with van der Waals surface area (Å²) in [5.41, 5.74) is 1.32.